The molecule has 30 heavy (non-hydrogen) atoms. The van der Waals surface area contributed by atoms with Crippen LogP contribution in [0.3, 0.4) is 0 Å². The fourth-order valence-electron chi connectivity index (χ4n) is 2.63. The van der Waals surface area contributed by atoms with Crippen molar-refractivity contribution in [2.45, 2.75) is 26.5 Å². The van der Waals surface area contributed by atoms with Crippen LogP contribution in [0.4, 0.5) is 0 Å². The molecule has 0 aliphatic heterocycles. The molecule has 0 bridgehead atoms. The van der Waals surface area contributed by atoms with Gasteiger partial charge in [0.1, 0.15) is 30.0 Å². The Morgan fingerprint density at radius 1 is 0.967 bits per heavy atom. The van der Waals surface area contributed by atoms with Crippen LogP contribution in [0.2, 0.25) is 0 Å². The monoisotopic (exact) mass is 415 g/mol. The molecular weight excluding hydrogens is 382 g/mol. The van der Waals surface area contributed by atoms with Gasteiger partial charge < -0.3 is 29.6 Å². The Morgan fingerprint density at radius 2 is 1.73 bits per heavy atom. The Morgan fingerprint density at radius 3 is 2.43 bits per heavy atom. The van der Waals surface area contributed by atoms with E-state index < -0.39 is 0 Å². The van der Waals surface area contributed by atoms with Crippen LogP contribution in [-0.2, 0) is 11.3 Å². The molecule has 2 rings (SSSR count). The molecule has 0 aromatic heterocycles. The minimum absolute atomic E-state index is 0.0375. The van der Waals surface area contributed by atoms with Gasteiger partial charge in [-0.3, -0.25) is 0 Å². The van der Waals surface area contributed by atoms with E-state index in [1.165, 1.54) is 0 Å². The van der Waals surface area contributed by atoms with Gasteiger partial charge in [-0.25, -0.2) is 4.99 Å². The average molecular weight is 416 g/mol. The van der Waals surface area contributed by atoms with Gasteiger partial charge in [-0.05, 0) is 43.7 Å². The maximum Gasteiger partial charge on any atom is 0.191 e. The molecule has 7 nitrogen and oxygen atoms in total. The summed E-state index contributed by atoms with van der Waals surface area (Å²) >= 11 is 0. The number of hydrogen-bond acceptors (Lipinski definition) is 5. The number of methoxy groups -OCH3 is 2. The zero-order valence-corrected chi connectivity index (χ0v) is 18.3. The summed E-state index contributed by atoms with van der Waals surface area (Å²) < 4.78 is 21.8. The van der Waals surface area contributed by atoms with Crippen molar-refractivity contribution in [1.82, 2.24) is 10.6 Å². The molecule has 0 heterocycles. The maximum atomic E-state index is 5.95. The third-order valence-electron chi connectivity index (χ3n) is 4.18. The van der Waals surface area contributed by atoms with Crippen molar-refractivity contribution in [3.05, 3.63) is 54.1 Å². The minimum atomic E-state index is -0.0375. The Kier molecular flexibility index (Phi) is 10.4. The molecule has 0 spiro atoms. The Balaban J connectivity index is 1.84. The summed E-state index contributed by atoms with van der Waals surface area (Å²) in [7, 11) is 3.30. The van der Waals surface area contributed by atoms with Crippen molar-refractivity contribution in [3.8, 4) is 17.2 Å². The highest BCUT2D eigenvalue weighted by Gasteiger charge is 2.07. The summed E-state index contributed by atoms with van der Waals surface area (Å²) in [5, 5.41) is 6.59. The number of ether oxygens (including phenoxy) is 4. The van der Waals surface area contributed by atoms with Crippen LogP contribution in [-0.4, -0.2) is 52.6 Å². The second-order valence-electron chi connectivity index (χ2n) is 6.67. The van der Waals surface area contributed by atoms with E-state index in [-0.39, 0.29) is 6.10 Å². The molecule has 1 unspecified atom stereocenters. The first-order chi connectivity index (χ1) is 14.6. The molecule has 164 valence electrons. The molecule has 2 aromatic carbocycles. The molecule has 2 N–H and O–H groups in total. The summed E-state index contributed by atoms with van der Waals surface area (Å²) in [6, 6.07) is 15.5. The summed E-state index contributed by atoms with van der Waals surface area (Å²) in [6.07, 6.45) is -0.0375. The zero-order chi connectivity index (χ0) is 21.6. The van der Waals surface area contributed by atoms with Crippen molar-refractivity contribution in [2.24, 2.45) is 4.99 Å². The van der Waals surface area contributed by atoms with Crippen LogP contribution >= 0.6 is 0 Å². The van der Waals surface area contributed by atoms with Crippen LogP contribution in [0.5, 0.6) is 17.2 Å². The highest BCUT2D eigenvalue weighted by Crippen LogP contribution is 2.19. The van der Waals surface area contributed by atoms with E-state index in [9.17, 15) is 0 Å². The lowest BCUT2D eigenvalue weighted by atomic mass is 10.2. The number of hydrogen-bond donors (Lipinski definition) is 2. The van der Waals surface area contributed by atoms with Crippen molar-refractivity contribution in [1.29, 1.82) is 0 Å². The second-order valence-corrected chi connectivity index (χ2v) is 6.67. The number of aliphatic imine (C=N–C) groups is 1. The van der Waals surface area contributed by atoms with E-state index >= 15 is 0 Å². The summed E-state index contributed by atoms with van der Waals surface area (Å²) in [6.45, 7) is 7.14. The van der Waals surface area contributed by atoms with Gasteiger partial charge in [0.25, 0.3) is 0 Å². The van der Waals surface area contributed by atoms with Crippen LogP contribution in [0.25, 0.3) is 0 Å². The number of benzene rings is 2. The lowest BCUT2D eigenvalue weighted by Gasteiger charge is -2.18. The minimum Gasteiger partial charge on any atom is -0.497 e. The van der Waals surface area contributed by atoms with Crippen LogP contribution < -0.4 is 24.8 Å². The molecule has 7 heteroatoms. The van der Waals surface area contributed by atoms with Gasteiger partial charge in [0.15, 0.2) is 5.96 Å². The normalized spacial score (nSPS) is 12.2. The molecule has 0 radical (unpaired) electrons. The predicted octanol–water partition coefficient (Wildman–Crippen LogP) is 3.24. The maximum absolute atomic E-state index is 5.95. The van der Waals surface area contributed by atoms with Gasteiger partial charge in [-0.2, -0.15) is 0 Å². The molecule has 1 atom stereocenters. The topological polar surface area (TPSA) is 73.3 Å². The molecule has 0 amide bonds. The average Bonchev–Trinajstić information content (AvgIpc) is 2.77. The van der Waals surface area contributed by atoms with Crippen molar-refractivity contribution < 1.29 is 18.9 Å². The molecule has 2 aromatic rings. The molecule has 0 saturated carbocycles. The summed E-state index contributed by atoms with van der Waals surface area (Å²) in [5.74, 6) is 3.13. The Labute approximate surface area is 179 Å². The molecule has 0 saturated heterocycles. The predicted molar refractivity (Wildman–Crippen MR) is 120 cm³/mol. The number of rotatable bonds is 12. The van der Waals surface area contributed by atoms with E-state index in [2.05, 4.69) is 15.6 Å². The van der Waals surface area contributed by atoms with E-state index in [4.69, 9.17) is 18.9 Å². The number of nitrogens with one attached hydrogen (secondary N) is 2. The first-order valence-corrected chi connectivity index (χ1v) is 10.2. The smallest absolute Gasteiger partial charge is 0.191 e. The Bertz CT molecular complexity index is 765. The van der Waals surface area contributed by atoms with E-state index in [1.54, 1.807) is 14.2 Å². The highest BCUT2D eigenvalue weighted by molar-refractivity contribution is 5.79. The van der Waals surface area contributed by atoms with Crippen molar-refractivity contribution >= 4 is 5.96 Å². The summed E-state index contributed by atoms with van der Waals surface area (Å²) in [4.78, 5) is 4.65. The largest absolute Gasteiger partial charge is 0.497 e. The fourth-order valence-corrected chi connectivity index (χ4v) is 2.63. The van der Waals surface area contributed by atoms with Crippen molar-refractivity contribution in [2.75, 3.05) is 40.5 Å². The lowest BCUT2D eigenvalue weighted by Crippen LogP contribution is -2.41. The van der Waals surface area contributed by atoms with E-state index in [0.717, 1.165) is 35.3 Å². The van der Waals surface area contributed by atoms with Gasteiger partial charge in [0, 0.05) is 19.7 Å². The van der Waals surface area contributed by atoms with Gasteiger partial charge >= 0.3 is 0 Å². The van der Waals surface area contributed by atoms with E-state index in [0.29, 0.717) is 26.3 Å². The van der Waals surface area contributed by atoms with Gasteiger partial charge in [0.05, 0.1) is 26.8 Å². The zero-order valence-electron chi connectivity index (χ0n) is 18.3. The molecule has 0 fully saturated rings. The second kappa shape index (κ2) is 13.3. The molecule has 0 aliphatic carbocycles. The number of nitrogens with zero attached hydrogens (tertiary/aromatic N) is 1. The summed E-state index contributed by atoms with van der Waals surface area (Å²) in [5.41, 5.74) is 1.10. The third kappa shape index (κ3) is 8.61. The van der Waals surface area contributed by atoms with Crippen LogP contribution in [0.15, 0.2) is 53.5 Å². The Hall–Kier alpha value is -2.93. The quantitative estimate of drug-likeness (QED) is 0.315. The van der Waals surface area contributed by atoms with E-state index in [1.807, 2.05) is 62.4 Å². The number of guanidine groups is 1. The SMILES string of the molecule is CCNC(=NCc1ccc(OCCOC)cc1)NCC(C)Oc1cccc(OC)c1. The highest BCUT2D eigenvalue weighted by atomic mass is 16.5. The fraction of sp³-hybridized carbons (Fsp3) is 0.435. The van der Waals surface area contributed by atoms with Crippen LogP contribution in [0, 0.1) is 0 Å². The standard InChI is InChI=1S/C23H33N3O4/c1-5-24-23(25-16-18(2)30-22-8-6-7-21(15-22)28-4)26-17-19-9-11-20(12-10-19)29-14-13-27-3/h6-12,15,18H,5,13-14,16-17H2,1-4H3,(H2,24,25,26). The van der Waals surface area contributed by atoms with Crippen LogP contribution in [0.1, 0.15) is 19.4 Å². The van der Waals surface area contributed by atoms with Crippen molar-refractivity contribution in [3.63, 3.8) is 0 Å². The van der Waals surface area contributed by atoms with Gasteiger partial charge in [0.2, 0.25) is 0 Å². The lowest BCUT2D eigenvalue weighted by molar-refractivity contribution is 0.146. The molecular formula is C23H33N3O4. The van der Waals surface area contributed by atoms with Gasteiger partial charge in [-0.1, -0.05) is 18.2 Å². The molecule has 0 aliphatic rings. The van der Waals surface area contributed by atoms with Gasteiger partial charge in [-0.15, -0.1) is 0 Å². The first kappa shape index (κ1) is 23.3. The first-order valence-electron chi connectivity index (χ1n) is 10.2. The third-order valence-corrected chi connectivity index (χ3v) is 4.18.